The number of aromatic nitrogens is 1. The maximum Gasteiger partial charge on any atom is 0.230 e. The molecule has 1 aromatic heterocycles. The molecule has 5 heteroatoms. The minimum absolute atomic E-state index is 0.0572. The fourth-order valence-electron chi connectivity index (χ4n) is 3.50. The number of carbonyl (C=O) groups excluding carboxylic acids is 2. The van der Waals surface area contributed by atoms with E-state index >= 15 is 0 Å². The van der Waals surface area contributed by atoms with Crippen molar-refractivity contribution < 1.29 is 9.59 Å². The molecule has 1 aromatic carbocycles. The van der Waals surface area contributed by atoms with Gasteiger partial charge in [-0.05, 0) is 55.2 Å². The van der Waals surface area contributed by atoms with Gasteiger partial charge >= 0.3 is 0 Å². The topological polar surface area (TPSA) is 71.1 Å². The van der Waals surface area contributed by atoms with Crippen LogP contribution in [0.5, 0.6) is 0 Å². The second kappa shape index (κ2) is 5.69. The molecule has 2 aliphatic rings. The third-order valence-corrected chi connectivity index (χ3v) is 4.96. The number of fused-ring (bicyclic) bond motifs is 2. The number of hydrogen-bond donors (Lipinski definition) is 2. The quantitative estimate of drug-likeness (QED) is 0.874. The minimum Gasteiger partial charge on any atom is -0.340 e. The SMILES string of the molecule is CC1(C)Cc2cc(Nc3ccc4c(n3)CCCC4=O)ccc2NC1=O. The number of benzene rings is 1. The lowest BCUT2D eigenvalue weighted by Crippen LogP contribution is -2.37. The van der Waals surface area contributed by atoms with Crippen molar-refractivity contribution in [1.82, 2.24) is 4.98 Å². The molecule has 2 N–H and O–H groups in total. The zero-order valence-corrected chi connectivity index (χ0v) is 14.5. The van der Waals surface area contributed by atoms with Gasteiger partial charge in [-0.15, -0.1) is 0 Å². The summed E-state index contributed by atoms with van der Waals surface area (Å²) >= 11 is 0. The Morgan fingerprint density at radius 3 is 2.80 bits per heavy atom. The molecule has 0 atom stereocenters. The normalized spacial score (nSPS) is 18.2. The molecule has 0 unspecified atom stereocenters. The van der Waals surface area contributed by atoms with Crippen LogP contribution in [0, 0.1) is 5.41 Å². The van der Waals surface area contributed by atoms with Gasteiger partial charge in [0.1, 0.15) is 5.82 Å². The van der Waals surface area contributed by atoms with Gasteiger partial charge in [-0.25, -0.2) is 4.98 Å². The Morgan fingerprint density at radius 1 is 1.12 bits per heavy atom. The number of aryl methyl sites for hydroxylation is 1. The van der Waals surface area contributed by atoms with Crippen LogP contribution < -0.4 is 10.6 Å². The van der Waals surface area contributed by atoms with Gasteiger partial charge in [-0.1, -0.05) is 13.8 Å². The van der Waals surface area contributed by atoms with Crippen molar-refractivity contribution in [1.29, 1.82) is 0 Å². The van der Waals surface area contributed by atoms with E-state index in [0.717, 1.165) is 46.9 Å². The highest BCUT2D eigenvalue weighted by atomic mass is 16.2. The molecule has 25 heavy (non-hydrogen) atoms. The highest BCUT2D eigenvalue weighted by molar-refractivity contribution is 5.99. The number of nitrogens with zero attached hydrogens (tertiary/aromatic N) is 1. The van der Waals surface area contributed by atoms with Gasteiger partial charge in [-0.2, -0.15) is 0 Å². The summed E-state index contributed by atoms with van der Waals surface area (Å²) in [6, 6.07) is 9.64. The molecule has 0 saturated carbocycles. The van der Waals surface area contributed by atoms with E-state index in [-0.39, 0.29) is 11.7 Å². The number of anilines is 3. The lowest BCUT2D eigenvalue weighted by atomic mass is 9.81. The molecule has 0 saturated heterocycles. The Labute approximate surface area is 146 Å². The van der Waals surface area contributed by atoms with Crippen LogP contribution in [0.25, 0.3) is 0 Å². The fraction of sp³-hybridized carbons (Fsp3) is 0.350. The smallest absolute Gasteiger partial charge is 0.230 e. The molecular formula is C20H21N3O2. The predicted octanol–water partition coefficient (Wildman–Crippen LogP) is 3.87. The van der Waals surface area contributed by atoms with Crippen molar-refractivity contribution in [3.63, 3.8) is 0 Å². The number of Topliss-reactive ketones (excluding diaryl/α,β-unsaturated/α-hetero) is 1. The van der Waals surface area contributed by atoms with Crippen LogP contribution in [-0.2, 0) is 17.6 Å². The van der Waals surface area contributed by atoms with E-state index in [4.69, 9.17) is 0 Å². The van der Waals surface area contributed by atoms with Crippen LogP contribution in [-0.4, -0.2) is 16.7 Å². The lowest BCUT2D eigenvalue weighted by Gasteiger charge is -2.30. The van der Waals surface area contributed by atoms with Crippen LogP contribution in [0.4, 0.5) is 17.2 Å². The summed E-state index contributed by atoms with van der Waals surface area (Å²) < 4.78 is 0. The summed E-state index contributed by atoms with van der Waals surface area (Å²) in [7, 11) is 0. The zero-order valence-electron chi connectivity index (χ0n) is 14.5. The van der Waals surface area contributed by atoms with E-state index in [0.29, 0.717) is 12.8 Å². The molecule has 1 aliphatic heterocycles. The number of carbonyl (C=O) groups is 2. The number of ketones is 1. The average molecular weight is 335 g/mol. The van der Waals surface area contributed by atoms with Crippen molar-refractivity contribution in [2.45, 2.75) is 39.5 Å². The average Bonchev–Trinajstić information content (AvgIpc) is 2.56. The first-order valence-corrected chi connectivity index (χ1v) is 8.67. The third kappa shape index (κ3) is 2.90. The van der Waals surface area contributed by atoms with E-state index in [1.54, 1.807) is 0 Å². The van der Waals surface area contributed by atoms with Crippen LogP contribution in [0.15, 0.2) is 30.3 Å². The van der Waals surface area contributed by atoms with Crippen molar-refractivity contribution in [3.05, 3.63) is 47.2 Å². The second-order valence-corrected chi connectivity index (χ2v) is 7.48. The standard InChI is InChI=1S/C20H21N3O2/c1-20(2)11-12-10-13(6-8-15(12)23-19(20)25)21-18-9-7-14-16(22-18)4-3-5-17(14)24/h6-10H,3-5,11H2,1-2H3,(H,21,22)(H,23,25). The zero-order chi connectivity index (χ0) is 17.6. The lowest BCUT2D eigenvalue weighted by molar-refractivity contribution is -0.124. The summed E-state index contributed by atoms with van der Waals surface area (Å²) in [5, 5.41) is 6.29. The Hall–Kier alpha value is -2.69. The van der Waals surface area contributed by atoms with Crippen molar-refractivity contribution in [2.75, 3.05) is 10.6 Å². The maximum atomic E-state index is 12.1. The van der Waals surface area contributed by atoms with Crippen molar-refractivity contribution in [3.8, 4) is 0 Å². The summed E-state index contributed by atoms with van der Waals surface area (Å²) in [5.41, 5.74) is 4.15. The van der Waals surface area contributed by atoms with Gasteiger partial charge in [0.05, 0.1) is 5.69 Å². The van der Waals surface area contributed by atoms with Crippen LogP contribution >= 0.6 is 0 Å². The molecule has 0 bridgehead atoms. The molecule has 5 nitrogen and oxygen atoms in total. The molecule has 128 valence electrons. The first-order valence-electron chi connectivity index (χ1n) is 8.67. The predicted molar refractivity (Wildman–Crippen MR) is 97.3 cm³/mol. The number of nitrogens with one attached hydrogen (secondary N) is 2. The highest BCUT2D eigenvalue weighted by Gasteiger charge is 2.33. The van der Waals surface area contributed by atoms with Crippen LogP contribution in [0.1, 0.15) is 48.3 Å². The molecule has 1 amide bonds. The van der Waals surface area contributed by atoms with Gasteiger partial charge in [0.15, 0.2) is 5.78 Å². The molecule has 4 rings (SSSR count). The molecule has 2 aromatic rings. The van der Waals surface area contributed by atoms with E-state index in [9.17, 15) is 9.59 Å². The highest BCUT2D eigenvalue weighted by Crippen LogP contribution is 2.35. The molecule has 0 spiro atoms. The molecular weight excluding hydrogens is 314 g/mol. The number of rotatable bonds is 2. The number of pyridine rings is 1. The van der Waals surface area contributed by atoms with Gasteiger partial charge in [0.25, 0.3) is 0 Å². The summed E-state index contributed by atoms with van der Waals surface area (Å²) in [6.45, 7) is 3.90. The molecule has 2 heterocycles. The van der Waals surface area contributed by atoms with E-state index in [1.165, 1.54) is 0 Å². The van der Waals surface area contributed by atoms with Crippen molar-refractivity contribution >= 4 is 28.9 Å². The van der Waals surface area contributed by atoms with E-state index in [2.05, 4.69) is 21.7 Å². The summed E-state index contributed by atoms with van der Waals surface area (Å²) in [5.74, 6) is 0.987. The largest absolute Gasteiger partial charge is 0.340 e. The first kappa shape index (κ1) is 15.8. The third-order valence-electron chi connectivity index (χ3n) is 4.96. The number of hydrogen-bond acceptors (Lipinski definition) is 4. The van der Waals surface area contributed by atoms with Gasteiger partial charge in [0, 0.05) is 28.8 Å². The van der Waals surface area contributed by atoms with Gasteiger partial charge < -0.3 is 10.6 Å². The van der Waals surface area contributed by atoms with Crippen LogP contribution in [0.2, 0.25) is 0 Å². The minimum atomic E-state index is -0.407. The summed E-state index contributed by atoms with van der Waals surface area (Å²) in [6.07, 6.45) is 3.04. The van der Waals surface area contributed by atoms with Crippen LogP contribution in [0.3, 0.4) is 0 Å². The molecule has 0 fully saturated rings. The first-order chi connectivity index (χ1) is 11.9. The van der Waals surface area contributed by atoms with Gasteiger partial charge in [-0.3, -0.25) is 9.59 Å². The number of amides is 1. The van der Waals surface area contributed by atoms with Crippen molar-refractivity contribution in [2.24, 2.45) is 5.41 Å². The Balaban J connectivity index is 1.60. The second-order valence-electron chi connectivity index (χ2n) is 7.48. The van der Waals surface area contributed by atoms with Gasteiger partial charge in [0.2, 0.25) is 5.91 Å². The Kier molecular flexibility index (Phi) is 3.60. The monoisotopic (exact) mass is 335 g/mol. The fourth-order valence-corrected chi connectivity index (χ4v) is 3.50. The van der Waals surface area contributed by atoms with E-state index in [1.807, 2.05) is 38.1 Å². The maximum absolute atomic E-state index is 12.1. The molecule has 1 aliphatic carbocycles. The summed E-state index contributed by atoms with van der Waals surface area (Å²) in [4.78, 5) is 28.6. The molecule has 0 radical (unpaired) electrons. The van der Waals surface area contributed by atoms with E-state index < -0.39 is 5.41 Å². The Bertz CT molecular complexity index is 887. The Morgan fingerprint density at radius 2 is 1.96 bits per heavy atom.